The van der Waals surface area contributed by atoms with Crippen LogP contribution in [0.25, 0.3) is 21.5 Å². The standard InChI is InChI=1S/C27H22ClNO3/c28-21-8-10-22(11-9-21)31-17-23-16-29-26(30)13-14-27(29,32-23)20-7-12-25-19(15-20)6-5-18-3-1-2-4-24(18)25/h1-12,15,23H,13-14,16-17H2/t23-,27-/m1/s1. The first-order chi connectivity index (χ1) is 15.6. The summed E-state index contributed by atoms with van der Waals surface area (Å²) in [6, 6.07) is 26.4. The van der Waals surface area contributed by atoms with Crippen molar-refractivity contribution in [2.75, 3.05) is 13.2 Å². The zero-order chi connectivity index (χ0) is 21.7. The number of hydrogen-bond acceptors (Lipinski definition) is 3. The van der Waals surface area contributed by atoms with Crippen LogP contribution in [0, 0.1) is 0 Å². The molecule has 2 aliphatic heterocycles. The van der Waals surface area contributed by atoms with Crippen LogP contribution in [0.2, 0.25) is 5.02 Å². The minimum absolute atomic E-state index is 0.137. The van der Waals surface area contributed by atoms with Crippen molar-refractivity contribution in [2.24, 2.45) is 0 Å². The van der Waals surface area contributed by atoms with Crippen LogP contribution in [-0.4, -0.2) is 30.1 Å². The molecular formula is C27H22ClNO3. The van der Waals surface area contributed by atoms with Gasteiger partial charge in [0.15, 0.2) is 5.72 Å². The van der Waals surface area contributed by atoms with Crippen molar-refractivity contribution in [1.29, 1.82) is 0 Å². The highest BCUT2D eigenvalue weighted by atomic mass is 35.5. The van der Waals surface area contributed by atoms with E-state index >= 15 is 0 Å². The molecule has 0 bridgehead atoms. The lowest BCUT2D eigenvalue weighted by molar-refractivity contribution is -0.140. The topological polar surface area (TPSA) is 38.8 Å². The number of carbonyl (C=O) groups is 1. The smallest absolute Gasteiger partial charge is 0.225 e. The molecule has 2 heterocycles. The SMILES string of the molecule is O=C1CC[C@]2(c3ccc4c(ccc5ccccc54)c3)O[C@@H](COc3ccc(Cl)cc3)CN12. The van der Waals surface area contributed by atoms with Gasteiger partial charge in [-0.15, -0.1) is 0 Å². The fourth-order valence-electron chi connectivity index (χ4n) is 5.07. The van der Waals surface area contributed by atoms with Crippen LogP contribution >= 0.6 is 11.6 Å². The van der Waals surface area contributed by atoms with E-state index in [4.69, 9.17) is 21.1 Å². The van der Waals surface area contributed by atoms with E-state index in [2.05, 4.69) is 54.6 Å². The number of halogens is 1. The molecule has 2 aliphatic rings. The third-order valence-corrected chi connectivity index (χ3v) is 6.86. The first-order valence-electron chi connectivity index (χ1n) is 10.9. The molecule has 4 aromatic rings. The van der Waals surface area contributed by atoms with E-state index in [1.165, 1.54) is 16.2 Å². The number of amides is 1. The van der Waals surface area contributed by atoms with Crippen LogP contribution in [0.3, 0.4) is 0 Å². The Balaban J connectivity index is 1.31. The summed E-state index contributed by atoms with van der Waals surface area (Å²) in [6.45, 7) is 0.910. The van der Waals surface area contributed by atoms with Crippen molar-refractivity contribution < 1.29 is 14.3 Å². The van der Waals surface area contributed by atoms with Gasteiger partial charge in [0.1, 0.15) is 18.5 Å². The molecule has 0 spiro atoms. The Labute approximate surface area is 191 Å². The van der Waals surface area contributed by atoms with Crippen LogP contribution in [0.4, 0.5) is 0 Å². The second-order valence-corrected chi connectivity index (χ2v) is 8.95. The van der Waals surface area contributed by atoms with Gasteiger partial charge in [0.25, 0.3) is 0 Å². The number of rotatable bonds is 4. The van der Waals surface area contributed by atoms with Crippen LogP contribution in [0.15, 0.2) is 78.9 Å². The summed E-state index contributed by atoms with van der Waals surface area (Å²) in [6.07, 6.45) is 0.963. The Bertz CT molecular complexity index is 1340. The Morgan fingerprint density at radius 2 is 1.75 bits per heavy atom. The predicted molar refractivity (Wildman–Crippen MR) is 126 cm³/mol. The number of fused-ring (bicyclic) bond motifs is 4. The highest BCUT2D eigenvalue weighted by molar-refractivity contribution is 6.30. The van der Waals surface area contributed by atoms with E-state index in [0.29, 0.717) is 31.0 Å². The summed E-state index contributed by atoms with van der Waals surface area (Å²) >= 11 is 5.95. The molecule has 2 atom stereocenters. The molecule has 0 aliphatic carbocycles. The van der Waals surface area contributed by atoms with Gasteiger partial charge in [-0.3, -0.25) is 4.79 Å². The van der Waals surface area contributed by atoms with Crippen LogP contribution < -0.4 is 4.74 Å². The molecule has 4 nitrogen and oxygen atoms in total. The van der Waals surface area contributed by atoms with Crippen LogP contribution in [0.5, 0.6) is 5.75 Å². The number of benzene rings is 4. The molecule has 0 radical (unpaired) electrons. The minimum atomic E-state index is -0.717. The summed E-state index contributed by atoms with van der Waals surface area (Å²) in [5.41, 5.74) is 0.311. The summed E-state index contributed by atoms with van der Waals surface area (Å²) in [5.74, 6) is 0.876. The maximum Gasteiger partial charge on any atom is 0.225 e. The summed E-state index contributed by atoms with van der Waals surface area (Å²) in [7, 11) is 0. The zero-order valence-electron chi connectivity index (χ0n) is 17.5. The Morgan fingerprint density at radius 3 is 2.62 bits per heavy atom. The molecule has 0 N–H and O–H groups in total. The molecule has 0 aromatic heterocycles. The minimum Gasteiger partial charge on any atom is -0.491 e. The van der Waals surface area contributed by atoms with Crippen LogP contribution in [0.1, 0.15) is 18.4 Å². The van der Waals surface area contributed by atoms with Gasteiger partial charge < -0.3 is 14.4 Å². The van der Waals surface area contributed by atoms with Gasteiger partial charge in [-0.2, -0.15) is 0 Å². The van der Waals surface area contributed by atoms with Crippen molar-refractivity contribution in [2.45, 2.75) is 24.7 Å². The molecule has 1 amide bonds. The molecule has 0 saturated carbocycles. The summed E-state index contributed by atoms with van der Waals surface area (Å²) < 4.78 is 12.5. The Hall–Kier alpha value is -3.08. The molecule has 32 heavy (non-hydrogen) atoms. The maximum absolute atomic E-state index is 12.7. The average Bonchev–Trinajstić information content (AvgIpc) is 3.35. The molecule has 4 aromatic carbocycles. The van der Waals surface area contributed by atoms with Crippen molar-refractivity contribution in [3.8, 4) is 5.75 Å². The molecule has 2 saturated heterocycles. The summed E-state index contributed by atoms with van der Waals surface area (Å²) in [4.78, 5) is 14.6. The highest BCUT2D eigenvalue weighted by Gasteiger charge is 2.54. The largest absolute Gasteiger partial charge is 0.491 e. The number of hydrogen-bond donors (Lipinski definition) is 0. The lowest BCUT2D eigenvalue weighted by Crippen LogP contribution is -2.38. The van der Waals surface area contributed by atoms with Gasteiger partial charge >= 0.3 is 0 Å². The van der Waals surface area contributed by atoms with E-state index < -0.39 is 5.72 Å². The predicted octanol–water partition coefficient (Wildman–Crippen LogP) is 5.90. The molecule has 0 unspecified atom stereocenters. The molecule has 2 fully saturated rings. The van der Waals surface area contributed by atoms with Gasteiger partial charge in [-0.05, 0) is 51.9 Å². The third-order valence-electron chi connectivity index (χ3n) is 6.61. The second kappa shape index (κ2) is 7.51. The average molecular weight is 444 g/mol. The van der Waals surface area contributed by atoms with Crippen molar-refractivity contribution in [3.63, 3.8) is 0 Å². The molecular weight excluding hydrogens is 422 g/mol. The third kappa shape index (κ3) is 3.14. The zero-order valence-corrected chi connectivity index (χ0v) is 18.2. The monoisotopic (exact) mass is 443 g/mol. The number of carbonyl (C=O) groups excluding carboxylic acids is 1. The Morgan fingerprint density at radius 1 is 0.969 bits per heavy atom. The summed E-state index contributed by atoms with van der Waals surface area (Å²) in [5, 5.41) is 5.48. The van der Waals surface area contributed by atoms with Crippen molar-refractivity contribution in [1.82, 2.24) is 4.90 Å². The fourth-order valence-corrected chi connectivity index (χ4v) is 5.19. The first-order valence-corrected chi connectivity index (χ1v) is 11.3. The lowest BCUT2D eigenvalue weighted by Gasteiger charge is -2.31. The number of nitrogens with zero attached hydrogens (tertiary/aromatic N) is 1. The van der Waals surface area contributed by atoms with E-state index in [9.17, 15) is 4.79 Å². The Kier molecular flexibility index (Phi) is 4.60. The van der Waals surface area contributed by atoms with Crippen LogP contribution in [-0.2, 0) is 15.3 Å². The lowest BCUT2D eigenvalue weighted by atomic mass is 9.95. The van der Waals surface area contributed by atoms with Gasteiger partial charge in [0, 0.05) is 23.4 Å². The molecule has 160 valence electrons. The molecule has 6 rings (SSSR count). The van der Waals surface area contributed by atoms with E-state index in [1.807, 2.05) is 17.0 Å². The molecule has 5 heteroatoms. The van der Waals surface area contributed by atoms with E-state index in [1.54, 1.807) is 12.1 Å². The fraction of sp³-hybridized carbons (Fsp3) is 0.222. The second-order valence-electron chi connectivity index (χ2n) is 8.52. The highest BCUT2D eigenvalue weighted by Crippen LogP contribution is 2.46. The van der Waals surface area contributed by atoms with Gasteiger partial charge in [0.05, 0.1) is 6.54 Å². The van der Waals surface area contributed by atoms with Gasteiger partial charge in [-0.1, -0.05) is 60.1 Å². The van der Waals surface area contributed by atoms with Gasteiger partial charge in [-0.25, -0.2) is 0 Å². The normalized spacial score (nSPS) is 22.6. The van der Waals surface area contributed by atoms with Crippen molar-refractivity contribution >= 4 is 39.1 Å². The van der Waals surface area contributed by atoms with E-state index in [0.717, 1.165) is 16.7 Å². The van der Waals surface area contributed by atoms with Gasteiger partial charge in [0.2, 0.25) is 5.91 Å². The number of ether oxygens (including phenoxy) is 2. The quantitative estimate of drug-likeness (QED) is 0.368. The maximum atomic E-state index is 12.7. The van der Waals surface area contributed by atoms with E-state index in [-0.39, 0.29) is 12.0 Å². The first kappa shape index (κ1) is 19.6. The van der Waals surface area contributed by atoms with Crippen molar-refractivity contribution in [3.05, 3.63) is 89.4 Å².